The first-order chi connectivity index (χ1) is 11.3. The van der Waals surface area contributed by atoms with Gasteiger partial charge in [-0.3, -0.25) is 9.69 Å². The van der Waals surface area contributed by atoms with E-state index in [-0.39, 0.29) is 11.8 Å². The molecule has 0 atom stereocenters. The van der Waals surface area contributed by atoms with Crippen molar-refractivity contribution in [3.8, 4) is 0 Å². The summed E-state index contributed by atoms with van der Waals surface area (Å²) in [6, 6.07) is 8.34. The van der Waals surface area contributed by atoms with Crippen LogP contribution < -0.4 is 4.90 Å². The number of fused-ring (bicyclic) bond motifs is 2. The van der Waals surface area contributed by atoms with Crippen LogP contribution in [-0.2, 0) is 30.5 Å². The van der Waals surface area contributed by atoms with E-state index >= 15 is 0 Å². The van der Waals surface area contributed by atoms with Crippen molar-refractivity contribution in [3.05, 3.63) is 52.7 Å². The minimum Gasteiger partial charge on any atom is -0.273 e. The molecule has 4 rings (SSSR count). The Morgan fingerprint density at radius 3 is 2.48 bits per heavy atom. The van der Waals surface area contributed by atoms with E-state index in [1.54, 1.807) is 4.90 Å². The van der Waals surface area contributed by atoms with Crippen LogP contribution >= 0.6 is 11.6 Å². The van der Waals surface area contributed by atoms with Crippen molar-refractivity contribution in [1.29, 1.82) is 0 Å². The molecule has 0 N–H and O–H groups in total. The molecule has 0 aliphatic heterocycles. The predicted octanol–water partition coefficient (Wildman–Crippen LogP) is 3.96. The Labute approximate surface area is 141 Å². The molecule has 3 nitrogen and oxygen atoms in total. The number of aryl methyl sites for hydroxylation is 4. The molecule has 0 radical (unpaired) electrons. The van der Waals surface area contributed by atoms with Gasteiger partial charge in [0.1, 0.15) is 11.7 Å². The number of hydrogen-bond donors (Lipinski definition) is 0. The van der Waals surface area contributed by atoms with Gasteiger partial charge in [0.05, 0.1) is 5.69 Å². The molecule has 118 valence electrons. The summed E-state index contributed by atoms with van der Waals surface area (Å²) in [5, 5.41) is 0. The number of aromatic nitrogens is 1. The fourth-order valence-corrected chi connectivity index (χ4v) is 3.84. The maximum atomic E-state index is 12.5. The molecule has 4 heteroatoms. The highest BCUT2D eigenvalue weighted by atomic mass is 35.5. The van der Waals surface area contributed by atoms with E-state index in [1.807, 2.05) is 12.3 Å². The summed E-state index contributed by atoms with van der Waals surface area (Å²) in [6.45, 7) is 0. The smallest absolute Gasteiger partial charge is 0.247 e. The molecule has 2 aliphatic rings. The molecule has 2 aromatic rings. The second kappa shape index (κ2) is 5.97. The van der Waals surface area contributed by atoms with Crippen LogP contribution in [0.4, 0.5) is 11.5 Å². The molecule has 0 saturated heterocycles. The van der Waals surface area contributed by atoms with E-state index in [1.165, 1.54) is 35.1 Å². The molecule has 23 heavy (non-hydrogen) atoms. The second-order valence-electron chi connectivity index (χ2n) is 6.33. The normalized spacial score (nSPS) is 15.3. The molecule has 1 amide bonds. The molecule has 0 spiro atoms. The number of rotatable bonds is 3. The van der Waals surface area contributed by atoms with E-state index < -0.39 is 0 Å². The predicted molar refractivity (Wildman–Crippen MR) is 92.6 cm³/mol. The fraction of sp³-hybridized carbons (Fsp3) is 0.368. The molecule has 0 bridgehead atoms. The van der Waals surface area contributed by atoms with Gasteiger partial charge in [0, 0.05) is 6.20 Å². The summed E-state index contributed by atoms with van der Waals surface area (Å²) < 4.78 is 0. The zero-order valence-corrected chi connectivity index (χ0v) is 13.8. The van der Waals surface area contributed by atoms with Gasteiger partial charge in [0.2, 0.25) is 5.91 Å². The lowest BCUT2D eigenvalue weighted by Crippen LogP contribution is -2.28. The molecule has 1 aromatic carbocycles. The number of halogens is 1. The van der Waals surface area contributed by atoms with Crippen LogP contribution in [0.1, 0.15) is 35.1 Å². The zero-order valence-electron chi connectivity index (χ0n) is 13.0. The summed E-state index contributed by atoms with van der Waals surface area (Å²) in [5.74, 6) is 0.514. The number of alkyl halides is 1. The Balaban J connectivity index is 1.77. The van der Waals surface area contributed by atoms with E-state index in [2.05, 4.69) is 23.2 Å². The number of amides is 1. The summed E-state index contributed by atoms with van der Waals surface area (Å²) in [6.07, 6.45) is 8.66. The Morgan fingerprint density at radius 1 is 1.00 bits per heavy atom. The third kappa shape index (κ3) is 2.63. The van der Waals surface area contributed by atoms with Gasteiger partial charge in [-0.1, -0.05) is 6.07 Å². The number of carbonyl (C=O) groups is 1. The quantitative estimate of drug-likeness (QED) is 0.800. The average molecular weight is 327 g/mol. The van der Waals surface area contributed by atoms with Crippen LogP contribution in [-0.4, -0.2) is 16.8 Å². The van der Waals surface area contributed by atoms with Crippen LogP contribution in [0, 0.1) is 0 Å². The average Bonchev–Trinajstić information content (AvgIpc) is 3.22. The Hall–Kier alpha value is -1.87. The third-order valence-corrected chi connectivity index (χ3v) is 5.12. The fourth-order valence-electron chi connectivity index (χ4n) is 3.72. The monoisotopic (exact) mass is 326 g/mol. The van der Waals surface area contributed by atoms with Crippen molar-refractivity contribution in [3.63, 3.8) is 0 Å². The summed E-state index contributed by atoms with van der Waals surface area (Å²) in [5.41, 5.74) is 6.23. The van der Waals surface area contributed by atoms with Gasteiger partial charge in [-0.15, -0.1) is 11.6 Å². The standard InChI is InChI=1S/C19H19ClN2O/c20-11-19(23)22(17-8-7-13-3-1-4-14(13)9-17)18-10-15-5-2-6-16(15)12-21-18/h7-10,12H,1-6,11H2. The van der Waals surface area contributed by atoms with Crippen LogP contribution in [0.2, 0.25) is 0 Å². The highest BCUT2D eigenvalue weighted by molar-refractivity contribution is 6.30. The molecule has 1 heterocycles. The van der Waals surface area contributed by atoms with Crippen LogP contribution in [0.15, 0.2) is 30.5 Å². The molecule has 2 aliphatic carbocycles. The lowest BCUT2D eigenvalue weighted by molar-refractivity contribution is -0.115. The van der Waals surface area contributed by atoms with Crippen molar-refractivity contribution in [1.82, 2.24) is 4.98 Å². The van der Waals surface area contributed by atoms with Crippen molar-refractivity contribution < 1.29 is 4.79 Å². The Morgan fingerprint density at radius 2 is 1.70 bits per heavy atom. The van der Waals surface area contributed by atoms with E-state index in [0.717, 1.165) is 31.4 Å². The SMILES string of the molecule is O=C(CCl)N(c1ccc2c(c1)CCC2)c1cc2c(cn1)CCC2. The zero-order chi connectivity index (χ0) is 15.8. The molecule has 0 fully saturated rings. The second-order valence-corrected chi connectivity index (χ2v) is 6.60. The number of pyridine rings is 1. The molecule has 0 saturated carbocycles. The Bertz CT molecular complexity index is 714. The summed E-state index contributed by atoms with van der Waals surface area (Å²) in [4.78, 5) is 18.7. The topological polar surface area (TPSA) is 33.2 Å². The first-order valence-electron chi connectivity index (χ1n) is 8.25. The third-order valence-electron chi connectivity index (χ3n) is 4.89. The molecule has 1 aromatic heterocycles. The first kappa shape index (κ1) is 14.7. The summed E-state index contributed by atoms with van der Waals surface area (Å²) in [7, 11) is 0. The minimum atomic E-state index is -0.130. The highest BCUT2D eigenvalue weighted by Gasteiger charge is 2.22. The van der Waals surface area contributed by atoms with E-state index in [4.69, 9.17) is 11.6 Å². The van der Waals surface area contributed by atoms with Gasteiger partial charge in [0.25, 0.3) is 0 Å². The lowest BCUT2D eigenvalue weighted by atomic mass is 10.1. The number of anilines is 2. The maximum Gasteiger partial charge on any atom is 0.247 e. The molecular formula is C19H19ClN2O. The summed E-state index contributed by atoms with van der Waals surface area (Å²) >= 11 is 5.86. The first-order valence-corrected chi connectivity index (χ1v) is 8.78. The van der Waals surface area contributed by atoms with Crippen molar-refractivity contribution in [2.75, 3.05) is 10.8 Å². The highest BCUT2D eigenvalue weighted by Crippen LogP contribution is 2.32. The van der Waals surface area contributed by atoms with Gasteiger partial charge in [-0.2, -0.15) is 0 Å². The number of nitrogens with zero attached hydrogens (tertiary/aromatic N) is 2. The molecule has 0 unspecified atom stereocenters. The van der Waals surface area contributed by atoms with Crippen LogP contribution in [0.25, 0.3) is 0 Å². The number of hydrogen-bond acceptors (Lipinski definition) is 2. The van der Waals surface area contributed by atoms with Crippen LogP contribution in [0.3, 0.4) is 0 Å². The van der Waals surface area contributed by atoms with Crippen LogP contribution in [0.5, 0.6) is 0 Å². The lowest BCUT2D eigenvalue weighted by Gasteiger charge is -2.22. The number of carbonyl (C=O) groups excluding carboxylic acids is 1. The van der Waals surface area contributed by atoms with Gasteiger partial charge in [-0.05, 0) is 79.0 Å². The Kier molecular flexibility index (Phi) is 3.82. The van der Waals surface area contributed by atoms with E-state index in [9.17, 15) is 4.79 Å². The van der Waals surface area contributed by atoms with Crippen molar-refractivity contribution in [2.24, 2.45) is 0 Å². The van der Waals surface area contributed by atoms with Gasteiger partial charge >= 0.3 is 0 Å². The number of benzene rings is 1. The van der Waals surface area contributed by atoms with Gasteiger partial charge in [0.15, 0.2) is 0 Å². The van der Waals surface area contributed by atoms with E-state index in [0.29, 0.717) is 5.82 Å². The molecular weight excluding hydrogens is 308 g/mol. The van der Waals surface area contributed by atoms with Gasteiger partial charge in [-0.25, -0.2) is 4.98 Å². The maximum absolute atomic E-state index is 12.5. The minimum absolute atomic E-state index is 0.0458. The van der Waals surface area contributed by atoms with Gasteiger partial charge < -0.3 is 0 Å². The van der Waals surface area contributed by atoms with Crippen molar-refractivity contribution in [2.45, 2.75) is 38.5 Å². The largest absolute Gasteiger partial charge is 0.273 e. The van der Waals surface area contributed by atoms with Crippen molar-refractivity contribution >= 4 is 29.0 Å².